The second kappa shape index (κ2) is 7.51. The van der Waals surface area contributed by atoms with Crippen molar-refractivity contribution < 1.29 is 8.42 Å². The summed E-state index contributed by atoms with van der Waals surface area (Å²) in [5.41, 5.74) is 0. The van der Waals surface area contributed by atoms with Gasteiger partial charge in [-0.1, -0.05) is 6.07 Å². The van der Waals surface area contributed by atoms with Gasteiger partial charge >= 0.3 is 0 Å². The normalized spacial score (nSPS) is 17.7. The maximum absolute atomic E-state index is 12.2. The lowest BCUT2D eigenvalue weighted by molar-refractivity contribution is 0.253. The molecule has 0 atom stereocenters. The van der Waals surface area contributed by atoms with Crippen LogP contribution in [0, 0.1) is 0 Å². The Morgan fingerprint density at radius 1 is 1.40 bits per heavy atom. The van der Waals surface area contributed by atoms with E-state index in [1.165, 1.54) is 9.18 Å². The molecular weight excluding hydrogens is 294 g/mol. The lowest BCUT2D eigenvalue weighted by Crippen LogP contribution is -2.46. The number of piperazine rings is 1. The molecule has 1 N–H and O–H groups in total. The molecule has 0 radical (unpaired) electrons. The number of hydrogen-bond acceptors (Lipinski definition) is 5. The Morgan fingerprint density at radius 2 is 2.15 bits per heavy atom. The molecule has 0 bridgehead atoms. The summed E-state index contributed by atoms with van der Waals surface area (Å²) in [5, 5.41) is 5.29. The van der Waals surface area contributed by atoms with Crippen LogP contribution in [-0.2, 0) is 16.4 Å². The first kappa shape index (κ1) is 15.9. The quantitative estimate of drug-likeness (QED) is 0.794. The average Bonchev–Trinajstić information content (AvgIpc) is 2.97. The van der Waals surface area contributed by atoms with Crippen molar-refractivity contribution in [3.05, 3.63) is 22.4 Å². The fourth-order valence-corrected chi connectivity index (χ4v) is 4.06. The van der Waals surface area contributed by atoms with E-state index in [1.54, 1.807) is 18.4 Å². The van der Waals surface area contributed by atoms with E-state index in [-0.39, 0.29) is 5.75 Å². The van der Waals surface area contributed by atoms with Crippen LogP contribution in [0.25, 0.3) is 0 Å². The molecule has 0 aromatic carbocycles. The Balaban J connectivity index is 1.76. The standard InChI is InChI=1S/C13H23N3O2S2/c1-15(7-4-13-3-2-11-19-13)20(17,18)12-10-16-8-5-14-6-9-16/h2-3,11,14H,4-10,12H2,1H3. The molecule has 1 fully saturated rings. The van der Waals surface area contributed by atoms with Gasteiger partial charge in [0.1, 0.15) is 0 Å². The van der Waals surface area contributed by atoms with Crippen molar-refractivity contribution in [1.29, 1.82) is 0 Å². The van der Waals surface area contributed by atoms with E-state index in [2.05, 4.69) is 10.2 Å². The molecule has 114 valence electrons. The number of sulfonamides is 1. The topological polar surface area (TPSA) is 52.7 Å². The zero-order chi connectivity index (χ0) is 14.4. The van der Waals surface area contributed by atoms with Crippen LogP contribution >= 0.6 is 11.3 Å². The van der Waals surface area contributed by atoms with Crippen LogP contribution in [0.15, 0.2) is 17.5 Å². The summed E-state index contributed by atoms with van der Waals surface area (Å²) in [6.45, 7) is 4.98. The molecule has 2 rings (SSSR count). The van der Waals surface area contributed by atoms with Gasteiger partial charge < -0.3 is 5.32 Å². The second-order valence-corrected chi connectivity index (χ2v) is 8.29. The summed E-state index contributed by atoms with van der Waals surface area (Å²) in [5.74, 6) is 0.216. The highest BCUT2D eigenvalue weighted by Gasteiger charge is 2.20. The molecule has 7 heteroatoms. The Hall–Kier alpha value is -0.470. The third kappa shape index (κ3) is 4.82. The third-order valence-corrected chi connectivity index (χ3v) is 6.37. The molecule has 20 heavy (non-hydrogen) atoms. The Kier molecular flexibility index (Phi) is 5.98. The molecule has 1 aromatic heterocycles. The van der Waals surface area contributed by atoms with Gasteiger partial charge in [-0.15, -0.1) is 11.3 Å². The molecular formula is C13H23N3O2S2. The highest BCUT2D eigenvalue weighted by atomic mass is 32.2. The van der Waals surface area contributed by atoms with Gasteiger partial charge in [0.05, 0.1) is 5.75 Å². The van der Waals surface area contributed by atoms with Gasteiger partial charge in [-0.25, -0.2) is 12.7 Å². The summed E-state index contributed by atoms with van der Waals surface area (Å²) in [4.78, 5) is 3.44. The molecule has 1 saturated heterocycles. The van der Waals surface area contributed by atoms with E-state index in [0.717, 1.165) is 32.6 Å². The van der Waals surface area contributed by atoms with Gasteiger partial charge in [0, 0.05) is 51.2 Å². The Bertz CT molecular complexity index is 482. The van der Waals surface area contributed by atoms with E-state index >= 15 is 0 Å². The first-order valence-electron chi connectivity index (χ1n) is 6.97. The van der Waals surface area contributed by atoms with Crippen molar-refractivity contribution >= 4 is 21.4 Å². The highest BCUT2D eigenvalue weighted by Crippen LogP contribution is 2.10. The second-order valence-electron chi connectivity index (χ2n) is 5.06. The average molecular weight is 317 g/mol. The Morgan fingerprint density at radius 3 is 2.80 bits per heavy atom. The van der Waals surface area contributed by atoms with Crippen LogP contribution in [0.5, 0.6) is 0 Å². The fraction of sp³-hybridized carbons (Fsp3) is 0.692. The predicted octanol–water partition coefficient (Wildman–Crippen LogP) is 0.457. The van der Waals surface area contributed by atoms with Crippen LogP contribution in [0.3, 0.4) is 0 Å². The summed E-state index contributed by atoms with van der Waals surface area (Å²) in [6.07, 6.45) is 0.793. The first-order chi connectivity index (χ1) is 9.58. The number of rotatable bonds is 7. The first-order valence-corrected chi connectivity index (χ1v) is 9.46. The van der Waals surface area contributed by atoms with E-state index in [0.29, 0.717) is 13.1 Å². The van der Waals surface area contributed by atoms with Gasteiger partial charge in [-0.2, -0.15) is 0 Å². The molecule has 2 heterocycles. The van der Waals surface area contributed by atoms with E-state index in [1.807, 2.05) is 17.5 Å². The SMILES string of the molecule is CN(CCc1cccs1)S(=O)(=O)CCN1CCNCC1. The van der Waals surface area contributed by atoms with Gasteiger partial charge in [0.2, 0.25) is 10.0 Å². The number of nitrogens with zero attached hydrogens (tertiary/aromatic N) is 2. The fourth-order valence-electron chi connectivity index (χ4n) is 2.20. The van der Waals surface area contributed by atoms with Crippen molar-refractivity contribution in [3.63, 3.8) is 0 Å². The van der Waals surface area contributed by atoms with Gasteiger partial charge in [-0.3, -0.25) is 4.90 Å². The van der Waals surface area contributed by atoms with Crippen molar-refractivity contribution in [2.45, 2.75) is 6.42 Å². The molecule has 5 nitrogen and oxygen atoms in total. The number of nitrogens with one attached hydrogen (secondary N) is 1. The Labute approximate surface area is 125 Å². The molecule has 0 unspecified atom stereocenters. The summed E-state index contributed by atoms with van der Waals surface area (Å²) >= 11 is 1.67. The zero-order valence-corrected chi connectivity index (χ0v) is 13.5. The van der Waals surface area contributed by atoms with Crippen LogP contribution in [-0.4, -0.2) is 69.7 Å². The molecule has 1 aliphatic rings. The minimum Gasteiger partial charge on any atom is -0.314 e. The third-order valence-electron chi connectivity index (χ3n) is 3.60. The predicted molar refractivity (Wildman–Crippen MR) is 83.7 cm³/mol. The number of thiophene rings is 1. The van der Waals surface area contributed by atoms with E-state index in [9.17, 15) is 8.42 Å². The monoisotopic (exact) mass is 317 g/mol. The summed E-state index contributed by atoms with van der Waals surface area (Å²) < 4.78 is 25.9. The van der Waals surface area contributed by atoms with E-state index in [4.69, 9.17) is 0 Å². The van der Waals surface area contributed by atoms with Crippen molar-refractivity contribution in [3.8, 4) is 0 Å². The van der Waals surface area contributed by atoms with Gasteiger partial charge in [-0.05, 0) is 17.9 Å². The molecule has 0 amide bonds. The summed E-state index contributed by atoms with van der Waals surface area (Å²) in [6, 6.07) is 4.05. The van der Waals surface area contributed by atoms with Crippen molar-refractivity contribution in [2.24, 2.45) is 0 Å². The van der Waals surface area contributed by atoms with Gasteiger partial charge in [0.25, 0.3) is 0 Å². The molecule has 0 saturated carbocycles. The molecule has 0 spiro atoms. The molecule has 0 aliphatic carbocycles. The van der Waals surface area contributed by atoms with Crippen molar-refractivity contribution in [2.75, 3.05) is 52.1 Å². The zero-order valence-electron chi connectivity index (χ0n) is 11.9. The van der Waals surface area contributed by atoms with Crippen LogP contribution in [0.1, 0.15) is 4.88 Å². The largest absolute Gasteiger partial charge is 0.314 e. The van der Waals surface area contributed by atoms with Gasteiger partial charge in [0.15, 0.2) is 0 Å². The maximum Gasteiger partial charge on any atom is 0.215 e. The lowest BCUT2D eigenvalue weighted by Gasteiger charge is -2.27. The van der Waals surface area contributed by atoms with Crippen LogP contribution in [0.4, 0.5) is 0 Å². The number of likely N-dealkylation sites (N-methyl/N-ethyl adjacent to an activating group) is 1. The summed E-state index contributed by atoms with van der Waals surface area (Å²) in [7, 11) is -1.46. The smallest absolute Gasteiger partial charge is 0.215 e. The van der Waals surface area contributed by atoms with E-state index < -0.39 is 10.0 Å². The molecule has 1 aromatic rings. The van der Waals surface area contributed by atoms with Crippen molar-refractivity contribution in [1.82, 2.24) is 14.5 Å². The minimum atomic E-state index is -3.14. The van der Waals surface area contributed by atoms with Crippen LogP contribution in [0.2, 0.25) is 0 Å². The highest BCUT2D eigenvalue weighted by molar-refractivity contribution is 7.89. The number of hydrogen-bond donors (Lipinski definition) is 1. The molecule has 1 aliphatic heterocycles. The van der Waals surface area contributed by atoms with Crippen LogP contribution < -0.4 is 5.32 Å². The maximum atomic E-state index is 12.2. The minimum absolute atomic E-state index is 0.216. The lowest BCUT2D eigenvalue weighted by atomic mass is 10.3.